The average Bonchev–Trinajstić information content (AvgIpc) is 3.37. The van der Waals surface area contributed by atoms with Gasteiger partial charge >= 0.3 is 17.9 Å². The van der Waals surface area contributed by atoms with Crippen LogP contribution in [0.15, 0.2) is 85.1 Å². The van der Waals surface area contributed by atoms with E-state index in [1.165, 1.54) is 128 Å². The molecule has 0 unspecified atom stereocenters. The van der Waals surface area contributed by atoms with Crippen LogP contribution >= 0.6 is 0 Å². The van der Waals surface area contributed by atoms with Gasteiger partial charge in [-0.15, -0.1) is 0 Å². The van der Waals surface area contributed by atoms with Crippen molar-refractivity contribution in [3.63, 3.8) is 0 Å². The molecule has 0 N–H and O–H groups in total. The molecule has 0 amide bonds. The molecular formula is C65H112O6. The van der Waals surface area contributed by atoms with Crippen LogP contribution in [0.25, 0.3) is 0 Å². The van der Waals surface area contributed by atoms with Crippen molar-refractivity contribution >= 4 is 17.9 Å². The summed E-state index contributed by atoms with van der Waals surface area (Å²) in [6, 6.07) is 0. The molecule has 0 fully saturated rings. The Bertz CT molecular complexity index is 1370. The molecule has 0 aromatic carbocycles. The second kappa shape index (κ2) is 59.2. The summed E-state index contributed by atoms with van der Waals surface area (Å²) in [5.74, 6) is -0.927. The van der Waals surface area contributed by atoms with E-state index >= 15 is 0 Å². The van der Waals surface area contributed by atoms with Crippen LogP contribution in [0.1, 0.15) is 290 Å². The highest BCUT2D eigenvalue weighted by Crippen LogP contribution is 2.16. The van der Waals surface area contributed by atoms with Crippen LogP contribution in [0.2, 0.25) is 0 Å². The van der Waals surface area contributed by atoms with Gasteiger partial charge in [-0.2, -0.15) is 0 Å². The molecule has 0 saturated heterocycles. The zero-order chi connectivity index (χ0) is 51.4. The minimum absolute atomic E-state index is 0.0927. The van der Waals surface area contributed by atoms with Crippen molar-refractivity contribution in [2.45, 2.75) is 297 Å². The Labute approximate surface area is 439 Å². The Morgan fingerprint density at radius 1 is 0.296 bits per heavy atom. The highest BCUT2D eigenvalue weighted by molar-refractivity contribution is 5.71. The Morgan fingerprint density at radius 2 is 0.549 bits per heavy atom. The molecule has 0 rings (SSSR count). The Kier molecular flexibility index (Phi) is 56.3. The third kappa shape index (κ3) is 57.4. The number of hydrogen-bond acceptors (Lipinski definition) is 6. The number of unbranched alkanes of at least 4 members (excludes halogenated alkanes) is 29. The van der Waals surface area contributed by atoms with Gasteiger partial charge in [0.25, 0.3) is 0 Å². The standard InChI is InChI=1S/C65H112O6/c1-4-7-10-13-16-19-22-25-28-30-32-34-37-40-43-46-49-52-55-58-64(67)70-61-62(60-69-63(66)57-54-51-48-45-42-39-36-27-24-21-18-15-12-9-6-3)71-65(68)59-56-53-50-47-44-41-38-35-33-31-29-26-23-20-17-14-11-8-5-2/h7,10,16,18-19,21,25,27-28,32,34,36,40,43,62H,4-6,8-9,11-15,17,20,22-24,26,29-31,33,35,37-39,41-42,44-61H2,1-3H3/b10-7+,19-16+,21-18+,28-25+,34-32+,36-27+,43-40+/t62-/m1/s1. The van der Waals surface area contributed by atoms with Gasteiger partial charge < -0.3 is 14.2 Å². The third-order valence-electron chi connectivity index (χ3n) is 12.9. The van der Waals surface area contributed by atoms with Crippen LogP contribution in [-0.4, -0.2) is 37.2 Å². The van der Waals surface area contributed by atoms with Gasteiger partial charge in [0.2, 0.25) is 0 Å². The number of carbonyl (C=O) groups excluding carboxylic acids is 3. The fraction of sp³-hybridized carbons (Fsp3) is 0.738. The van der Waals surface area contributed by atoms with E-state index in [0.29, 0.717) is 19.3 Å². The van der Waals surface area contributed by atoms with Crippen molar-refractivity contribution in [2.75, 3.05) is 13.2 Å². The zero-order valence-electron chi connectivity index (χ0n) is 46.7. The number of hydrogen-bond donors (Lipinski definition) is 0. The maximum Gasteiger partial charge on any atom is 0.306 e. The molecule has 1 atom stereocenters. The average molecular weight is 990 g/mol. The summed E-state index contributed by atoms with van der Waals surface area (Å²) in [6.07, 6.45) is 77.2. The van der Waals surface area contributed by atoms with E-state index in [2.05, 4.69) is 106 Å². The van der Waals surface area contributed by atoms with Gasteiger partial charge in [-0.05, 0) is 96.3 Å². The van der Waals surface area contributed by atoms with Gasteiger partial charge in [0.05, 0.1) is 0 Å². The van der Waals surface area contributed by atoms with Crippen LogP contribution in [-0.2, 0) is 28.6 Å². The van der Waals surface area contributed by atoms with E-state index in [9.17, 15) is 14.4 Å². The number of ether oxygens (including phenoxy) is 3. The maximum absolute atomic E-state index is 12.9. The molecule has 71 heavy (non-hydrogen) atoms. The number of esters is 3. The quantitative estimate of drug-likeness (QED) is 0.0261. The molecule has 0 aliphatic carbocycles. The van der Waals surface area contributed by atoms with Gasteiger partial charge in [-0.1, -0.05) is 260 Å². The molecule has 0 bridgehead atoms. The first-order valence-electron chi connectivity index (χ1n) is 30.1. The fourth-order valence-electron chi connectivity index (χ4n) is 8.38. The lowest BCUT2D eigenvalue weighted by Crippen LogP contribution is -2.30. The van der Waals surface area contributed by atoms with Crippen LogP contribution in [0, 0.1) is 0 Å². The normalized spacial score (nSPS) is 12.7. The molecule has 0 aliphatic rings. The molecule has 0 radical (unpaired) electrons. The van der Waals surface area contributed by atoms with Crippen molar-refractivity contribution in [1.82, 2.24) is 0 Å². The SMILES string of the molecule is CC/C=C/C/C=C/C/C=C/C/C=C/C/C=C/CCCCCC(=O)OC[C@@H](COC(=O)CCCCCCC/C=C/C/C=C/CCCCC)OC(=O)CCCCCCCCCCCCCCCCCCCCC. The fourth-order valence-corrected chi connectivity index (χ4v) is 8.38. The third-order valence-corrected chi connectivity index (χ3v) is 12.9. The van der Waals surface area contributed by atoms with Crippen LogP contribution in [0.3, 0.4) is 0 Å². The van der Waals surface area contributed by atoms with Crippen LogP contribution in [0.5, 0.6) is 0 Å². The summed E-state index contributed by atoms with van der Waals surface area (Å²) in [6.45, 7) is 6.49. The lowest BCUT2D eigenvalue weighted by Gasteiger charge is -2.18. The van der Waals surface area contributed by atoms with Gasteiger partial charge in [0.15, 0.2) is 6.10 Å². The summed E-state index contributed by atoms with van der Waals surface area (Å²) < 4.78 is 16.9. The first kappa shape index (κ1) is 67.6. The summed E-state index contributed by atoms with van der Waals surface area (Å²) in [5.41, 5.74) is 0. The monoisotopic (exact) mass is 989 g/mol. The summed E-state index contributed by atoms with van der Waals surface area (Å²) >= 11 is 0. The molecular weight excluding hydrogens is 877 g/mol. The molecule has 0 aromatic heterocycles. The van der Waals surface area contributed by atoms with Gasteiger partial charge in [-0.25, -0.2) is 0 Å². The van der Waals surface area contributed by atoms with Gasteiger partial charge in [-0.3, -0.25) is 14.4 Å². The van der Waals surface area contributed by atoms with Gasteiger partial charge in [0.1, 0.15) is 13.2 Å². The lowest BCUT2D eigenvalue weighted by molar-refractivity contribution is -0.167. The topological polar surface area (TPSA) is 78.9 Å². The first-order valence-corrected chi connectivity index (χ1v) is 30.1. The minimum atomic E-state index is -0.796. The van der Waals surface area contributed by atoms with E-state index in [-0.39, 0.29) is 31.1 Å². The Morgan fingerprint density at radius 3 is 0.901 bits per heavy atom. The maximum atomic E-state index is 12.9. The van der Waals surface area contributed by atoms with Crippen molar-refractivity contribution in [3.05, 3.63) is 85.1 Å². The molecule has 0 heterocycles. The number of allylic oxidation sites excluding steroid dienone is 14. The molecule has 0 saturated carbocycles. The predicted molar refractivity (Wildman–Crippen MR) is 307 cm³/mol. The van der Waals surface area contributed by atoms with Crippen molar-refractivity contribution in [1.29, 1.82) is 0 Å². The second-order valence-electron chi connectivity index (χ2n) is 19.9. The molecule has 0 aliphatic heterocycles. The first-order chi connectivity index (χ1) is 35.0. The van der Waals surface area contributed by atoms with Crippen molar-refractivity contribution in [3.8, 4) is 0 Å². The van der Waals surface area contributed by atoms with E-state index in [1.807, 2.05) is 0 Å². The predicted octanol–water partition coefficient (Wildman–Crippen LogP) is 20.3. The Balaban J connectivity index is 4.44. The zero-order valence-corrected chi connectivity index (χ0v) is 46.7. The van der Waals surface area contributed by atoms with E-state index in [4.69, 9.17) is 14.2 Å². The van der Waals surface area contributed by atoms with E-state index in [0.717, 1.165) is 122 Å². The lowest BCUT2D eigenvalue weighted by atomic mass is 10.0. The number of rotatable bonds is 54. The molecule has 0 spiro atoms. The highest BCUT2D eigenvalue weighted by Gasteiger charge is 2.19. The summed E-state index contributed by atoms with van der Waals surface area (Å²) in [7, 11) is 0. The molecule has 408 valence electrons. The summed E-state index contributed by atoms with van der Waals surface area (Å²) in [4.78, 5) is 38.2. The highest BCUT2D eigenvalue weighted by atomic mass is 16.6. The summed E-state index contributed by atoms with van der Waals surface area (Å²) in [5, 5.41) is 0. The smallest absolute Gasteiger partial charge is 0.306 e. The molecule has 6 heteroatoms. The van der Waals surface area contributed by atoms with Gasteiger partial charge in [0, 0.05) is 19.3 Å². The van der Waals surface area contributed by atoms with Crippen LogP contribution in [0.4, 0.5) is 0 Å². The molecule has 6 nitrogen and oxygen atoms in total. The van der Waals surface area contributed by atoms with Crippen molar-refractivity contribution in [2.24, 2.45) is 0 Å². The number of carbonyl (C=O) groups is 3. The van der Waals surface area contributed by atoms with E-state index < -0.39 is 6.10 Å². The van der Waals surface area contributed by atoms with E-state index in [1.54, 1.807) is 0 Å². The van der Waals surface area contributed by atoms with Crippen molar-refractivity contribution < 1.29 is 28.6 Å². The Hall–Kier alpha value is -3.41. The minimum Gasteiger partial charge on any atom is -0.462 e. The molecule has 0 aromatic rings. The van der Waals surface area contributed by atoms with Crippen LogP contribution < -0.4 is 0 Å². The second-order valence-corrected chi connectivity index (χ2v) is 19.9. The largest absolute Gasteiger partial charge is 0.462 e.